The molecule has 0 rings (SSSR count). The number of nitrogens with one attached hydrogen (secondary N) is 1. The molecule has 0 aliphatic carbocycles. The summed E-state index contributed by atoms with van der Waals surface area (Å²) < 4.78 is 4.51. The number of alkyl carbamates (subject to hydrolysis) is 1. The van der Waals surface area contributed by atoms with Gasteiger partial charge in [0.05, 0.1) is 0 Å². The quantitative estimate of drug-likeness (QED) is 0.407. The van der Waals surface area contributed by atoms with Gasteiger partial charge in [0.25, 0.3) is 0 Å². The van der Waals surface area contributed by atoms with Crippen LogP contribution in [0.5, 0.6) is 0 Å². The maximum atomic E-state index is 11.0. The molecule has 4 nitrogen and oxygen atoms in total. The topological polar surface area (TPSA) is 55.4 Å². The summed E-state index contributed by atoms with van der Waals surface area (Å²) in [6.07, 6.45) is 3.28. The second-order valence-corrected chi connectivity index (χ2v) is 3.15. The van der Waals surface area contributed by atoms with E-state index >= 15 is 0 Å². The molecule has 0 aromatic heterocycles. The van der Waals surface area contributed by atoms with Gasteiger partial charge in [0, 0.05) is 13.0 Å². The van der Waals surface area contributed by atoms with Gasteiger partial charge < -0.3 is 10.1 Å². The van der Waals surface area contributed by atoms with Crippen LogP contribution in [-0.2, 0) is 9.53 Å². The lowest BCUT2D eigenvalue weighted by Crippen LogP contribution is -2.27. The number of carbonyl (C=O) groups excluding carboxylic acids is 2. The number of unbranched alkanes of at least 4 members (excludes halogenated alkanes) is 2. The van der Waals surface area contributed by atoms with Crippen molar-refractivity contribution in [2.24, 2.45) is 0 Å². The van der Waals surface area contributed by atoms with Crippen molar-refractivity contribution in [1.82, 2.24) is 5.32 Å². The molecule has 0 atom stereocenters. The minimum absolute atomic E-state index is 0.317. The molecule has 0 unspecified atom stereocenters. The molecule has 0 bridgehead atoms. The minimum Gasteiger partial charge on any atom is -0.376 e. The van der Waals surface area contributed by atoms with Crippen LogP contribution in [0.2, 0.25) is 0 Å². The smallest absolute Gasteiger partial charge is 0.376 e. The summed E-state index contributed by atoms with van der Waals surface area (Å²) in [7, 11) is 0. The lowest BCUT2D eigenvalue weighted by Gasteiger charge is -2.03. The Kier molecular flexibility index (Phi) is 7.89. The van der Waals surface area contributed by atoms with E-state index < -0.39 is 12.1 Å². The van der Waals surface area contributed by atoms with Gasteiger partial charge in [0.2, 0.25) is 0 Å². The van der Waals surface area contributed by atoms with E-state index in [9.17, 15) is 9.59 Å². The Morgan fingerprint density at radius 2 is 1.79 bits per heavy atom. The Labute approximate surface area is 85.0 Å². The summed E-state index contributed by atoms with van der Waals surface area (Å²) >= 11 is 0. The van der Waals surface area contributed by atoms with Crippen LogP contribution in [0.4, 0.5) is 4.79 Å². The van der Waals surface area contributed by atoms with E-state index in [1.807, 2.05) is 13.8 Å². The van der Waals surface area contributed by atoms with Crippen LogP contribution in [0.1, 0.15) is 46.0 Å². The molecule has 0 saturated heterocycles. The van der Waals surface area contributed by atoms with Gasteiger partial charge in [-0.2, -0.15) is 0 Å². The number of hydrogen-bond acceptors (Lipinski definition) is 3. The van der Waals surface area contributed by atoms with Gasteiger partial charge in [-0.3, -0.25) is 4.79 Å². The summed E-state index contributed by atoms with van der Waals surface area (Å²) in [6, 6.07) is 0. The highest BCUT2D eigenvalue weighted by atomic mass is 16.6. The van der Waals surface area contributed by atoms with Crippen molar-refractivity contribution < 1.29 is 14.3 Å². The molecule has 0 radical (unpaired) electrons. The monoisotopic (exact) mass is 201 g/mol. The summed E-state index contributed by atoms with van der Waals surface area (Å²) in [5.74, 6) is -0.444. The van der Waals surface area contributed by atoms with E-state index in [0.717, 1.165) is 25.7 Å². The summed E-state index contributed by atoms with van der Waals surface area (Å²) in [6.45, 7) is 4.57. The molecule has 82 valence electrons. The number of esters is 1. The average molecular weight is 201 g/mol. The van der Waals surface area contributed by atoms with Crippen molar-refractivity contribution in [2.75, 3.05) is 6.54 Å². The summed E-state index contributed by atoms with van der Waals surface area (Å²) in [4.78, 5) is 21.9. The Hall–Kier alpha value is -1.06. The molecule has 0 aliphatic heterocycles. The summed E-state index contributed by atoms with van der Waals surface area (Å²) in [5, 5.41) is 2.51. The first-order valence-corrected chi connectivity index (χ1v) is 5.19. The van der Waals surface area contributed by atoms with Crippen molar-refractivity contribution in [1.29, 1.82) is 0 Å². The standard InChI is InChI=1S/C10H19NO3/c1-3-5-7-9(12)14-10(13)11-8-6-4-2/h3-8H2,1-2H3,(H,11,13). The number of ether oxygens (including phenoxy) is 1. The largest absolute Gasteiger partial charge is 0.414 e. The number of carbonyl (C=O) groups is 2. The highest BCUT2D eigenvalue weighted by molar-refractivity contribution is 5.84. The minimum atomic E-state index is -0.625. The Balaban J connectivity index is 3.45. The van der Waals surface area contributed by atoms with E-state index in [2.05, 4.69) is 10.1 Å². The van der Waals surface area contributed by atoms with Gasteiger partial charge in [-0.15, -0.1) is 0 Å². The normalized spacial score (nSPS) is 9.57. The molecule has 0 spiro atoms. The fourth-order valence-electron chi connectivity index (χ4n) is 0.879. The van der Waals surface area contributed by atoms with Crippen LogP contribution in [0.3, 0.4) is 0 Å². The third-order valence-electron chi connectivity index (χ3n) is 1.74. The fraction of sp³-hybridized carbons (Fsp3) is 0.800. The predicted octanol–water partition coefficient (Wildman–Crippen LogP) is 2.23. The zero-order valence-corrected chi connectivity index (χ0v) is 8.97. The number of rotatable bonds is 6. The van der Waals surface area contributed by atoms with Crippen molar-refractivity contribution in [3.63, 3.8) is 0 Å². The van der Waals surface area contributed by atoms with Gasteiger partial charge in [0.1, 0.15) is 0 Å². The first kappa shape index (κ1) is 12.9. The van der Waals surface area contributed by atoms with Gasteiger partial charge in [-0.05, 0) is 12.8 Å². The zero-order chi connectivity index (χ0) is 10.8. The lowest BCUT2D eigenvalue weighted by molar-refractivity contribution is -0.137. The van der Waals surface area contributed by atoms with Crippen LogP contribution in [0, 0.1) is 0 Å². The molecule has 0 aliphatic rings. The lowest BCUT2D eigenvalue weighted by atomic mass is 10.3. The molecule has 0 saturated carbocycles. The van der Waals surface area contributed by atoms with E-state index in [-0.39, 0.29) is 0 Å². The molecule has 0 fully saturated rings. The third-order valence-corrected chi connectivity index (χ3v) is 1.74. The number of amides is 1. The van der Waals surface area contributed by atoms with Crippen LogP contribution in [0.25, 0.3) is 0 Å². The molecule has 0 aromatic carbocycles. The first-order valence-electron chi connectivity index (χ1n) is 5.19. The van der Waals surface area contributed by atoms with Crippen LogP contribution < -0.4 is 5.32 Å². The molecule has 1 N–H and O–H groups in total. The maximum Gasteiger partial charge on any atom is 0.414 e. The Morgan fingerprint density at radius 3 is 2.36 bits per heavy atom. The molecular formula is C10H19NO3. The molecule has 1 amide bonds. The van der Waals surface area contributed by atoms with Crippen molar-refractivity contribution in [2.45, 2.75) is 46.0 Å². The van der Waals surface area contributed by atoms with E-state index in [0.29, 0.717) is 13.0 Å². The summed E-state index contributed by atoms with van der Waals surface area (Å²) in [5.41, 5.74) is 0. The van der Waals surface area contributed by atoms with Gasteiger partial charge >= 0.3 is 12.1 Å². The van der Waals surface area contributed by atoms with Crippen molar-refractivity contribution in [3.05, 3.63) is 0 Å². The van der Waals surface area contributed by atoms with Crippen molar-refractivity contribution >= 4 is 12.1 Å². The molecule has 14 heavy (non-hydrogen) atoms. The van der Waals surface area contributed by atoms with Crippen LogP contribution in [-0.4, -0.2) is 18.6 Å². The second kappa shape index (κ2) is 8.53. The Bertz CT molecular complexity index is 180. The van der Waals surface area contributed by atoms with E-state index in [4.69, 9.17) is 0 Å². The van der Waals surface area contributed by atoms with Crippen molar-refractivity contribution in [3.8, 4) is 0 Å². The third kappa shape index (κ3) is 7.58. The average Bonchev–Trinajstić information content (AvgIpc) is 2.15. The molecule has 0 aromatic rings. The first-order chi connectivity index (χ1) is 6.70. The van der Waals surface area contributed by atoms with Gasteiger partial charge in [-0.1, -0.05) is 26.7 Å². The van der Waals surface area contributed by atoms with Crippen LogP contribution in [0.15, 0.2) is 0 Å². The van der Waals surface area contributed by atoms with Gasteiger partial charge in [-0.25, -0.2) is 4.79 Å². The highest BCUT2D eigenvalue weighted by Gasteiger charge is 2.08. The number of hydrogen-bond donors (Lipinski definition) is 1. The maximum absolute atomic E-state index is 11.0. The predicted molar refractivity (Wildman–Crippen MR) is 53.9 cm³/mol. The van der Waals surface area contributed by atoms with E-state index in [1.165, 1.54) is 0 Å². The second-order valence-electron chi connectivity index (χ2n) is 3.15. The van der Waals surface area contributed by atoms with E-state index in [1.54, 1.807) is 0 Å². The highest BCUT2D eigenvalue weighted by Crippen LogP contribution is 1.96. The zero-order valence-electron chi connectivity index (χ0n) is 8.97. The van der Waals surface area contributed by atoms with Gasteiger partial charge in [0.15, 0.2) is 0 Å². The molecule has 4 heteroatoms. The fourth-order valence-corrected chi connectivity index (χ4v) is 0.879. The van der Waals surface area contributed by atoms with Crippen LogP contribution >= 0.6 is 0 Å². The molecule has 0 heterocycles. The molecular weight excluding hydrogens is 182 g/mol. The SMILES string of the molecule is CCCCNC(=O)OC(=O)CCCC. The Morgan fingerprint density at radius 1 is 1.14 bits per heavy atom.